The number of nitrogens with one attached hydrogen (secondary N) is 1. The molecule has 0 aliphatic carbocycles. The van der Waals surface area contributed by atoms with Gasteiger partial charge in [0.15, 0.2) is 0 Å². The van der Waals surface area contributed by atoms with E-state index in [1.807, 2.05) is 66.3 Å². The second-order valence-electron chi connectivity index (χ2n) is 14.0. The molecule has 0 unspecified atom stereocenters. The number of amides is 1. The quantitative estimate of drug-likeness (QED) is 0.174. The number of hydrogen-bond donors (Lipinski definition) is 1. The molecule has 0 atom stereocenters. The van der Waals surface area contributed by atoms with Crippen LogP contribution in [0.4, 0.5) is 8.78 Å². The number of pyridine rings is 3. The zero-order valence-corrected chi connectivity index (χ0v) is 31.8. The maximum Gasteiger partial charge on any atom is 0.255 e. The van der Waals surface area contributed by atoms with Gasteiger partial charge < -0.3 is 10.2 Å². The first-order chi connectivity index (χ1) is 27.3. The Morgan fingerprint density at radius 2 is 1.50 bits per heavy atom. The average molecular weight is 764 g/mol. The van der Waals surface area contributed by atoms with Crippen LogP contribution in [0.25, 0.3) is 60.5 Å². The highest BCUT2D eigenvalue weighted by molar-refractivity contribution is 7.16. The third-order valence-electron chi connectivity index (χ3n) is 10.3. The molecule has 0 radical (unpaired) electrons. The smallest absolute Gasteiger partial charge is 0.255 e. The summed E-state index contributed by atoms with van der Waals surface area (Å²) >= 11 is 1.60. The van der Waals surface area contributed by atoms with Crippen LogP contribution in [0.5, 0.6) is 0 Å². The van der Waals surface area contributed by atoms with Gasteiger partial charge in [0.05, 0.1) is 44.4 Å². The van der Waals surface area contributed by atoms with Crippen molar-refractivity contribution in [3.8, 4) is 44.8 Å². The summed E-state index contributed by atoms with van der Waals surface area (Å²) in [6, 6.07) is 29.4. The van der Waals surface area contributed by atoms with E-state index in [2.05, 4.69) is 43.4 Å². The fourth-order valence-corrected chi connectivity index (χ4v) is 7.83. The van der Waals surface area contributed by atoms with Crippen LogP contribution < -0.4 is 5.32 Å². The minimum absolute atomic E-state index is 0.105. The Bertz CT molecular complexity index is 2670. The van der Waals surface area contributed by atoms with Crippen molar-refractivity contribution in [3.05, 3.63) is 150 Å². The number of nitrogens with zero attached hydrogens (tertiary/aromatic N) is 6. The van der Waals surface area contributed by atoms with Gasteiger partial charge in [0.25, 0.3) is 5.91 Å². The summed E-state index contributed by atoms with van der Waals surface area (Å²) in [6.07, 6.45) is 9.10. The summed E-state index contributed by atoms with van der Waals surface area (Å²) in [6.45, 7) is 4.57. The Kier molecular flexibility index (Phi) is 10.7. The molecule has 0 saturated carbocycles. The molecule has 11 heteroatoms. The number of piperidine rings is 1. The SMILES string of the molecule is Cc1cc(-c2ncccc2-c2ccn3ncc(C(=O)NCC4CCN(C)CC4)c3c2)ccc1F.Fc1ccccc1-c1ncccc1-c1ccc2ncsc2c1. The molecule has 280 valence electrons. The van der Waals surface area contributed by atoms with Gasteiger partial charge in [-0.05, 0) is 129 Å². The summed E-state index contributed by atoms with van der Waals surface area (Å²) in [5.74, 6) is -0.0968. The summed E-state index contributed by atoms with van der Waals surface area (Å²) in [5, 5.41) is 7.48. The van der Waals surface area contributed by atoms with Crippen molar-refractivity contribution < 1.29 is 13.6 Å². The molecule has 6 heterocycles. The van der Waals surface area contributed by atoms with Crippen molar-refractivity contribution in [1.82, 2.24) is 34.8 Å². The van der Waals surface area contributed by atoms with Crippen molar-refractivity contribution in [2.75, 3.05) is 26.7 Å². The zero-order chi connectivity index (χ0) is 38.6. The molecule has 56 heavy (non-hydrogen) atoms. The van der Waals surface area contributed by atoms with E-state index in [9.17, 15) is 13.6 Å². The van der Waals surface area contributed by atoms with Crippen LogP contribution in [0.15, 0.2) is 127 Å². The van der Waals surface area contributed by atoms with Crippen molar-refractivity contribution >= 4 is 33.0 Å². The molecule has 1 saturated heterocycles. The molecule has 1 aliphatic rings. The fraction of sp³-hybridized carbons (Fsp3) is 0.178. The van der Waals surface area contributed by atoms with Crippen LogP contribution in [0, 0.1) is 24.5 Å². The summed E-state index contributed by atoms with van der Waals surface area (Å²) in [7, 11) is 2.14. The Morgan fingerprint density at radius 1 is 0.786 bits per heavy atom. The van der Waals surface area contributed by atoms with Gasteiger partial charge in [-0.3, -0.25) is 14.8 Å². The van der Waals surface area contributed by atoms with Crippen LogP contribution in [-0.2, 0) is 0 Å². The van der Waals surface area contributed by atoms with Crippen molar-refractivity contribution in [2.24, 2.45) is 5.92 Å². The lowest BCUT2D eigenvalue weighted by Crippen LogP contribution is -2.36. The topological polar surface area (TPSA) is 88.3 Å². The molecule has 9 rings (SSSR count). The number of thiazole rings is 1. The zero-order valence-electron chi connectivity index (χ0n) is 31.0. The van der Waals surface area contributed by atoms with Crippen LogP contribution in [0.3, 0.4) is 0 Å². The molecule has 1 fully saturated rings. The molecular formula is C45H39F2N7OS. The highest BCUT2D eigenvalue weighted by Gasteiger charge is 2.20. The van der Waals surface area contributed by atoms with Gasteiger partial charge in [-0.15, -0.1) is 11.3 Å². The predicted molar refractivity (Wildman–Crippen MR) is 219 cm³/mol. The maximum atomic E-state index is 14.1. The van der Waals surface area contributed by atoms with Crippen LogP contribution in [0.1, 0.15) is 28.8 Å². The summed E-state index contributed by atoms with van der Waals surface area (Å²) in [4.78, 5) is 28.6. The van der Waals surface area contributed by atoms with Crippen molar-refractivity contribution in [3.63, 3.8) is 0 Å². The van der Waals surface area contributed by atoms with Crippen LogP contribution in [0.2, 0.25) is 0 Å². The third-order valence-corrected chi connectivity index (χ3v) is 11.1. The second kappa shape index (κ2) is 16.3. The largest absolute Gasteiger partial charge is 0.352 e. The molecule has 1 N–H and O–H groups in total. The minimum Gasteiger partial charge on any atom is -0.352 e. The highest BCUT2D eigenvalue weighted by Crippen LogP contribution is 2.34. The van der Waals surface area contributed by atoms with Gasteiger partial charge in [0, 0.05) is 47.4 Å². The number of carbonyl (C=O) groups excluding carboxylic acids is 1. The van der Waals surface area contributed by atoms with E-state index in [0.29, 0.717) is 34.8 Å². The highest BCUT2D eigenvalue weighted by atomic mass is 32.1. The van der Waals surface area contributed by atoms with Crippen molar-refractivity contribution in [2.45, 2.75) is 19.8 Å². The number of rotatable bonds is 7. The third kappa shape index (κ3) is 7.82. The number of aryl methyl sites for hydroxylation is 1. The van der Waals surface area contributed by atoms with Crippen molar-refractivity contribution in [1.29, 1.82) is 0 Å². The number of hydrogen-bond acceptors (Lipinski definition) is 7. The second-order valence-corrected chi connectivity index (χ2v) is 14.9. The van der Waals surface area contributed by atoms with Gasteiger partial charge in [-0.1, -0.05) is 30.3 Å². The normalized spacial score (nSPS) is 13.4. The van der Waals surface area contributed by atoms with Crippen LogP contribution >= 0.6 is 11.3 Å². The Balaban J connectivity index is 0.000000172. The van der Waals surface area contributed by atoms with Gasteiger partial charge in [-0.2, -0.15) is 5.10 Å². The molecule has 8 nitrogen and oxygen atoms in total. The molecule has 5 aromatic heterocycles. The van der Waals surface area contributed by atoms with E-state index in [1.165, 1.54) is 12.1 Å². The number of aromatic nitrogens is 5. The average Bonchev–Trinajstić information content (AvgIpc) is 3.89. The number of likely N-dealkylation sites (tertiary alicyclic amines) is 1. The number of halogens is 2. The molecule has 3 aromatic carbocycles. The lowest BCUT2D eigenvalue weighted by molar-refractivity contribution is 0.0940. The lowest BCUT2D eigenvalue weighted by Gasteiger charge is -2.28. The fourth-order valence-electron chi connectivity index (χ4n) is 7.11. The van der Waals surface area contributed by atoms with E-state index >= 15 is 0 Å². The van der Waals surface area contributed by atoms with Gasteiger partial charge in [0.1, 0.15) is 11.6 Å². The van der Waals surface area contributed by atoms with E-state index < -0.39 is 0 Å². The standard InChI is InChI=1S/C27H28FN5O.C18H11FN2S/c1-18-14-21(5-6-24(18)28)26-22(4-3-10-29-26)20-9-13-33-25(15-20)23(17-31-33)27(34)30-16-19-7-11-32(2)12-8-19;19-15-6-2-1-4-14(15)18-13(5-3-9-20-18)12-7-8-16-17(10-12)22-11-21-16/h3-6,9-10,13-15,17,19H,7-8,11-12,16H2,1-2H3,(H,30,34);1-11H. The summed E-state index contributed by atoms with van der Waals surface area (Å²) in [5.41, 5.74) is 11.2. The molecule has 1 amide bonds. The van der Waals surface area contributed by atoms with Gasteiger partial charge >= 0.3 is 0 Å². The molecule has 1 aliphatic heterocycles. The van der Waals surface area contributed by atoms with Gasteiger partial charge in [-0.25, -0.2) is 18.3 Å². The summed E-state index contributed by atoms with van der Waals surface area (Å²) < 4.78 is 30.8. The molecule has 0 bridgehead atoms. The predicted octanol–water partition coefficient (Wildman–Crippen LogP) is 9.75. The Hall–Kier alpha value is -6.17. The lowest BCUT2D eigenvalue weighted by atomic mass is 9.97. The Labute approximate surface area is 327 Å². The van der Waals surface area contributed by atoms with E-state index in [0.717, 1.165) is 75.2 Å². The number of benzene rings is 3. The number of carbonyl (C=O) groups is 1. The monoisotopic (exact) mass is 763 g/mol. The first kappa shape index (κ1) is 36.8. The van der Waals surface area contributed by atoms with E-state index in [1.54, 1.807) is 65.6 Å². The van der Waals surface area contributed by atoms with E-state index in [-0.39, 0.29) is 17.5 Å². The number of fused-ring (bicyclic) bond motifs is 2. The molecular weight excluding hydrogens is 725 g/mol. The minimum atomic E-state index is -0.263. The molecule has 0 spiro atoms. The van der Waals surface area contributed by atoms with Crippen LogP contribution in [-0.4, -0.2) is 62.1 Å². The maximum absolute atomic E-state index is 14.1. The van der Waals surface area contributed by atoms with Gasteiger partial charge in [0.2, 0.25) is 0 Å². The Morgan fingerprint density at radius 3 is 2.29 bits per heavy atom. The first-order valence-corrected chi connectivity index (χ1v) is 19.4. The van der Waals surface area contributed by atoms with E-state index in [4.69, 9.17) is 0 Å². The molecule has 8 aromatic rings. The first-order valence-electron chi connectivity index (χ1n) is 18.5.